The van der Waals surface area contributed by atoms with Crippen molar-refractivity contribution in [2.45, 2.75) is 70.5 Å². The van der Waals surface area contributed by atoms with E-state index in [1.54, 1.807) is 12.2 Å². The molecule has 0 saturated heterocycles. The van der Waals surface area contributed by atoms with Crippen LogP contribution in [0.2, 0.25) is 0 Å². The van der Waals surface area contributed by atoms with Crippen LogP contribution in [0.25, 0.3) is 0 Å². The Hall–Kier alpha value is -1.50. The van der Waals surface area contributed by atoms with Gasteiger partial charge < -0.3 is 14.9 Å². The molecule has 176 valence electrons. The SMILES string of the molecule is C[C@]12C=CC(=O)C=C1CC[C@@H]1[C@@H]2[C@@H](O)C[C@@]2(C)[C@H]1CC[C@]2(O)C(=O)COC(=O)CCCCl. The van der Waals surface area contributed by atoms with Crippen molar-refractivity contribution in [2.75, 3.05) is 12.5 Å². The average Bonchev–Trinajstić information content (AvgIpc) is 3.02. The second kappa shape index (κ2) is 8.37. The predicted molar refractivity (Wildman–Crippen MR) is 119 cm³/mol. The monoisotopic (exact) mass is 464 g/mol. The third kappa shape index (κ3) is 3.50. The highest BCUT2D eigenvalue weighted by atomic mass is 35.5. The summed E-state index contributed by atoms with van der Waals surface area (Å²) in [6, 6.07) is 0. The van der Waals surface area contributed by atoms with Crippen molar-refractivity contribution in [1.29, 1.82) is 0 Å². The maximum atomic E-state index is 13.1. The lowest BCUT2D eigenvalue weighted by Gasteiger charge is -2.59. The molecular formula is C25H33ClO6. The van der Waals surface area contributed by atoms with Crippen molar-refractivity contribution < 1.29 is 29.3 Å². The van der Waals surface area contributed by atoms with Crippen LogP contribution in [0, 0.1) is 28.6 Å². The van der Waals surface area contributed by atoms with E-state index in [2.05, 4.69) is 6.92 Å². The molecular weight excluding hydrogens is 432 g/mol. The number of carbonyl (C=O) groups excluding carboxylic acids is 3. The van der Waals surface area contributed by atoms with Crippen LogP contribution in [0.1, 0.15) is 58.8 Å². The van der Waals surface area contributed by atoms with Crippen LogP contribution in [0.5, 0.6) is 0 Å². The number of halogens is 1. The second-order valence-corrected chi connectivity index (χ2v) is 10.9. The molecule has 0 aromatic heterocycles. The highest BCUT2D eigenvalue weighted by molar-refractivity contribution is 6.17. The lowest BCUT2D eigenvalue weighted by Crippen LogP contribution is -2.61. The summed E-state index contributed by atoms with van der Waals surface area (Å²) in [6.45, 7) is 3.54. The minimum Gasteiger partial charge on any atom is -0.458 e. The Kier molecular flexibility index (Phi) is 6.19. The Balaban J connectivity index is 1.56. The normalized spacial score (nSPS) is 42.5. The van der Waals surface area contributed by atoms with Gasteiger partial charge in [0.25, 0.3) is 0 Å². The third-order valence-corrected chi connectivity index (χ3v) is 9.26. The predicted octanol–water partition coefficient (Wildman–Crippen LogP) is 3.13. The molecule has 4 aliphatic carbocycles. The molecule has 7 atom stereocenters. The molecule has 6 nitrogen and oxygen atoms in total. The minimum absolute atomic E-state index is 0.00695. The molecule has 4 rings (SSSR count). The van der Waals surface area contributed by atoms with Gasteiger partial charge in [0.1, 0.15) is 5.60 Å². The van der Waals surface area contributed by atoms with Crippen molar-refractivity contribution in [3.8, 4) is 0 Å². The number of fused-ring (bicyclic) bond motifs is 5. The van der Waals surface area contributed by atoms with E-state index in [0.29, 0.717) is 31.6 Å². The summed E-state index contributed by atoms with van der Waals surface area (Å²) in [5, 5.41) is 22.9. The molecule has 0 radical (unpaired) electrons. The molecule has 0 unspecified atom stereocenters. The first-order chi connectivity index (χ1) is 15.1. The van der Waals surface area contributed by atoms with Crippen LogP contribution in [0.3, 0.4) is 0 Å². The third-order valence-electron chi connectivity index (χ3n) is 8.99. The summed E-state index contributed by atoms with van der Waals surface area (Å²) in [6.07, 6.45) is 8.04. The highest BCUT2D eigenvalue weighted by Gasteiger charge is 2.68. The molecule has 0 amide bonds. The van der Waals surface area contributed by atoms with Gasteiger partial charge in [0.05, 0.1) is 6.10 Å². The zero-order chi connectivity index (χ0) is 23.3. The van der Waals surface area contributed by atoms with Crippen LogP contribution in [0.15, 0.2) is 23.8 Å². The summed E-state index contributed by atoms with van der Waals surface area (Å²) in [5.41, 5.74) is -1.74. The number of Topliss-reactive ketones (excluding diaryl/α,β-unsaturated/α-hetero) is 1. The lowest BCUT2D eigenvalue weighted by molar-refractivity contribution is -0.181. The van der Waals surface area contributed by atoms with Crippen LogP contribution in [-0.4, -0.2) is 51.9 Å². The van der Waals surface area contributed by atoms with Gasteiger partial charge >= 0.3 is 5.97 Å². The zero-order valence-electron chi connectivity index (χ0n) is 18.8. The van der Waals surface area contributed by atoms with Crippen molar-refractivity contribution in [3.63, 3.8) is 0 Å². The van der Waals surface area contributed by atoms with Gasteiger partial charge in [-0.05, 0) is 62.5 Å². The maximum absolute atomic E-state index is 13.1. The fourth-order valence-electron chi connectivity index (χ4n) is 7.34. The standard InChI is InChI=1S/C25H33ClO6/c1-23-9-7-16(27)12-15(23)5-6-17-18-8-10-25(31,24(18,2)13-19(28)22(17)23)20(29)14-32-21(30)4-3-11-26/h7,9,12,17-19,22,28,31H,3-6,8,10-11,13-14H2,1-2H3/t17-,18-,19-,22+,23-,24-,25-/m0/s1. The van der Waals surface area contributed by atoms with Gasteiger partial charge in [0.2, 0.25) is 5.78 Å². The Morgan fingerprint density at radius 2 is 2.03 bits per heavy atom. The van der Waals surface area contributed by atoms with E-state index >= 15 is 0 Å². The van der Waals surface area contributed by atoms with Gasteiger partial charge in [-0.15, -0.1) is 11.6 Å². The van der Waals surface area contributed by atoms with E-state index < -0.39 is 35.5 Å². The number of rotatable bonds is 6. The van der Waals surface area contributed by atoms with E-state index in [-0.39, 0.29) is 35.4 Å². The molecule has 7 heteroatoms. The molecule has 0 aromatic carbocycles. The van der Waals surface area contributed by atoms with Crippen molar-refractivity contribution in [1.82, 2.24) is 0 Å². The number of esters is 1. The van der Waals surface area contributed by atoms with E-state index in [4.69, 9.17) is 16.3 Å². The van der Waals surface area contributed by atoms with Crippen molar-refractivity contribution in [3.05, 3.63) is 23.8 Å². The smallest absolute Gasteiger partial charge is 0.306 e. The van der Waals surface area contributed by atoms with Crippen LogP contribution in [-0.2, 0) is 19.1 Å². The molecule has 0 aromatic rings. The minimum atomic E-state index is -1.63. The van der Waals surface area contributed by atoms with E-state index in [1.165, 1.54) is 0 Å². The van der Waals surface area contributed by atoms with Gasteiger partial charge in [-0.25, -0.2) is 0 Å². The van der Waals surface area contributed by atoms with Crippen LogP contribution >= 0.6 is 11.6 Å². The van der Waals surface area contributed by atoms with Gasteiger partial charge in [-0.3, -0.25) is 14.4 Å². The Bertz CT molecular complexity index is 880. The second-order valence-electron chi connectivity index (χ2n) is 10.5. The molecule has 32 heavy (non-hydrogen) atoms. The van der Waals surface area contributed by atoms with E-state index in [0.717, 1.165) is 18.4 Å². The summed E-state index contributed by atoms with van der Waals surface area (Å²) in [5.74, 6) is -0.504. The number of hydrogen-bond acceptors (Lipinski definition) is 6. The van der Waals surface area contributed by atoms with Crippen LogP contribution in [0.4, 0.5) is 0 Å². The molecule has 3 saturated carbocycles. The fourth-order valence-corrected chi connectivity index (χ4v) is 7.47. The van der Waals surface area contributed by atoms with Gasteiger partial charge in [-0.1, -0.05) is 25.5 Å². The van der Waals surface area contributed by atoms with E-state index in [1.807, 2.05) is 13.0 Å². The number of aliphatic hydroxyl groups excluding tert-OH is 1. The number of hydrogen-bond donors (Lipinski definition) is 2. The molecule has 2 N–H and O–H groups in total. The fraction of sp³-hybridized carbons (Fsp3) is 0.720. The van der Waals surface area contributed by atoms with Crippen molar-refractivity contribution in [2.24, 2.45) is 28.6 Å². The average molecular weight is 465 g/mol. The van der Waals surface area contributed by atoms with Gasteiger partial charge in [0.15, 0.2) is 12.4 Å². The number of alkyl halides is 1. The first-order valence-electron chi connectivity index (χ1n) is 11.7. The van der Waals surface area contributed by atoms with Crippen LogP contribution < -0.4 is 0 Å². The van der Waals surface area contributed by atoms with Gasteiger partial charge in [-0.2, -0.15) is 0 Å². The highest BCUT2D eigenvalue weighted by Crippen LogP contribution is 2.67. The molecule has 0 aliphatic heterocycles. The number of ether oxygens (including phenoxy) is 1. The first kappa shape index (κ1) is 23.7. The molecule has 4 aliphatic rings. The summed E-state index contributed by atoms with van der Waals surface area (Å²) >= 11 is 5.60. The van der Waals surface area contributed by atoms with Gasteiger partial charge in [0, 0.05) is 29.0 Å². The van der Waals surface area contributed by atoms with Crippen molar-refractivity contribution >= 4 is 29.1 Å². The lowest BCUT2D eigenvalue weighted by atomic mass is 9.46. The Labute approximate surface area is 194 Å². The molecule has 3 fully saturated rings. The maximum Gasteiger partial charge on any atom is 0.306 e. The molecule has 0 heterocycles. The zero-order valence-corrected chi connectivity index (χ0v) is 19.6. The Morgan fingerprint density at radius 1 is 1.28 bits per heavy atom. The molecule has 0 bridgehead atoms. The van der Waals surface area contributed by atoms with E-state index in [9.17, 15) is 24.6 Å². The quantitative estimate of drug-likeness (QED) is 0.462. The number of carbonyl (C=O) groups is 3. The summed E-state index contributed by atoms with van der Waals surface area (Å²) < 4.78 is 5.12. The number of ketones is 2. The Morgan fingerprint density at radius 3 is 2.75 bits per heavy atom. The summed E-state index contributed by atoms with van der Waals surface area (Å²) in [7, 11) is 0. The largest absolute Gasteiger partial charge is 0.458 e. The number of allylic oxidation sites excluding steroid dienone is 4. The molecule has 0 spiro atoms. The summed E-state index contributed by atoms with van der Waals surface area (Å²) in [4.78, 5) is 36.9. The first-order valence-corrected chi connectivity index (χ1v) is 12.2. The number of aliphatic hydroxyl groups is 2. The topological polar surface area (TPSA) is 101 Å².